The number of aromatic nitrogens is 4. The summed E-state index contributed by atoms with van der Waals surface area (Å²) in [6, 6.07) is 2.20. The lowest BCUT2D eigenvalue weighted by Gasteiger charge is -2.45. The number of urea groups is 1. The first kappa shape index (κ1) is 22.1. The lowest BCUT2D eigenvalue weighted by Crippen LogP contribution is -2.60. The third-order valence-corrected chi connectivity index (χ3v) is 7.34. The molecule has 11 heteroatoms. The average Bonchev–Trinajstić information content (AvgIpc) is 3.42. The number of hydrogen-bond donors (Lipinski definition) is 2. The van der Waals surface area contributed by atoms with E-state index in [9.17, 15) is 9.59 Å². The van der Waals surface area contributed by atoms with Crippen molar-refractivity contribution in [1.29, 1.82) is 0 Å². The number of hydrogen-bond acceptors (Lipinski definition) is 6. The van der Waals surface area contributed by atoms with E-state index in [2.05, 4.69) is 37.3 Å². The molecule has 5 heterocycles. The highest BCUT2D eigenvalue weighted by atomic mass is 35.5. The van der Waals surface area contributed by atoms with Crippen molar-refractivity contribution in [2.45, 2.75) is 64.7 Å². The first-order valence-corrected chi connectivity index (χ1v) is 11.8. The lowest BCUT2D eigenvalue weighted by molar-refractivity contribution is 0.0454. The fourth-order valence-electron chi connectivity index (χ4n) is 5.36. The second kappa shape index (κ2) is 7.95. The smallest absolute Gasteiger partial charge is 0.319 e. The van der Waals surface area contributed by atoms with Crippen LogP contribution in [0.5, 0.6) is 0 Å². The Morgan fingerprint density at radius 2 is 2.06 bits per heavy atom. The number of carbonyl (C=O) groups is 2. The molecule has 0 spiro atoms. The number of rotatable bonds is 2. The topological polar surface area (TPSA) is 110 Å². The number of halogens is 1. The molecule has 0 radical (unpaired) electrons. The quantitative estimate of drug-likeness (QED) is 0.650. The van der Waals surface area contributed by atoms with Gasteiger partial charge in [-0.15, -0.1) is 0 Å². The Labute approximate surface area is 197 Å². The number of fused-ring (bicyclic) bond motifs is 2. The zero-order valence-electron chi connectivity index (χ0n) is 19.4. The molecule has 2 aromatic heterocycles. The number of aryl methyl sites for hydroxylation is 1. The molecule has 0 aliphatic carbocycles. The van der Waals surface area contributed by atoms with Gasteiger partial charge in [0.1, 0.15) is 5.69 Å². The van der Waals surface area contributed by atoms with Crippen LogP contribution >= 0.6 is 11.6 Å². The van der Waals surface area contributed by atoms with Crippen LogP contribution in [0.25, 0.3) is 0 Å². The van der Waals surface area contributed by atoms with E-state index in [-0.39, 0.29) is 23.1 Å². The van der Waals surface area contributed by atoms with Gasteiger partial charge in [0.2, 0.25) is 5.28 Å². The van der Waals surface area contributed by atoms with Gasteiger partial charge in [-0.05, 0) is 64.7 Å². The normalized spacial score (nSPS) is 24.0. The number of H-pyrrole nitrogens is 1. The summed E-state index contributed by atoms with van der Waals surface area (Å²) >= 11 is 5.90. The van der Waals surface area contributed by atoms with Gasteiger partial charge in [0, 0.05) is 36.4 Å². The summed E-state index contributed by atoms with van der Waals surface area (Å²) in [7, 11) is 0. The number of nitrogens with one attached hydrogen (secondary N) is 2. The van der Waals surface area contributed by atoms with Crippen LogP contribution in [-0.2, 0) is 12.1 Å². The molecule has 176 valence electrons. The molecule has 5 rings (SSSR count). The molecule has 2 atom stereocenters. The Hall–Kier alpha value is -2.72. The summed E-state index contributed by atoms with van der Waals surface area (Å²) in [4.78, 5) is 40.9. The van der Waals surface area contributed by atoms with Crippen LogP contribution in [0, 0.1) is 6.92 Å². The van der Waals surface area contributed by atoms with Crippen LogP contribution in [0.2, 0.25) is 5.28 Å². The highest BCUT2D eigenvalue weighted by Gasteiger charge is 2.47. The number of nitrogens with zero attached hydrogens (tertiary/aromatic N) is 6. The van der Waals surface area contributed by atoms with Crippen molar-refractivity contribution in [2.75, 3.05) is 25.0 Å². The lowest BCUT2D eigenvalue weighted by atomic mass is 10.0. The minimum absolute atomic E-state index is 0.0155. The molecule has 2 N–H and O–H groups in total. The van der Waals surface area contributed by atoms with Gasteiger partial charge in [0.15, 0.2) is 5.82 Å². The molecule has 10 nitrogen and oxygen atoms in total. The first-order valence-electron chi connectivity index (χ1n) is 11.4. The summed E-state index contributed by atoms with van der Waals surface area (Å²) in [5, 5.41) is 10.2. The van der Waals surface area contributed by atoms with Crippen LogP contribution in [0.1, 0.15) is 61.1 Å². The summed E-state index contributed by atoms with van der Waals surface area (Å²) in [6.45, 7) is 11.0. The van der Waals surface area contributed by atoms with Crippen LogP contribution in [-0.4, -0.2) is 78.5 Å². The molecule has 33 heavy (non-hydrogen) atoms. The van der Waals surface area contributed by atoms with Crippen LogP contribution < -0.4 is 5.32 Å². The Morgan fingerprint density at radius 1 is 1.27 bits per heavy atom. The third-order valence-electron chi connectivity index (χ3n) is 7.18. The van der Waals surface area contributed by atoms with Gasteiger partial charge in [0.05, 0.1) is 17.8 Å². The molecule has 3 aliphatic heterocycles. The number of aromatic amines is 1. The van der Waals surface area contributed by atoms with Gasteiger partial charge in [-0.1, -0.05) is 0 Å². The number of carbonyl (C=O) groups excluding carboxylic acids is 2. The monoisotopic (exact) mass is 472 g/mol. The van der Waals surface area contributed by atoms with Gasteiger partial charge in [-0.3, -0.25) is 14.8 Å². The van der Waals surface area contributed by atoms with Crippen molar-refractivity contribution in [3.8, 4) is 0 Å². The Balaban J connectivity index is 1.36. The van der Waals surface area contributed by atoms with Crippen molar-refractivity contribution in [1.82, 2.24) is 34.9 Å². The molecule has 0 saturated carbocycles. The third kappa shape index (κ3) is 3.74. The van der Waals surface area contributed by atoms with E-state index >= 15 is 0 Å². The zero-order chi connectivity index (χ0) is 23.5. The second-order valence-electron chi connectivity index (χ2n) is 9.76. The molecule has 2 fully saturated rings. The van der Waals surface area contributed by atoms with E-state index in [1.54, 1.807) is 13.0 Å². The van der Waals surface area contributed by atoms with Gasteiger partial charge in [0.25, 0.3) is 5.91 Å². The highest BCUT2D eigenvalue weighted by Crippen LogP contribution is 2.41. The molecule has 0 bridgehead atoms. The minimum Gasteiger partial charge on any atom is -0.319 e. The number of amides is 3. The van der Waals surface area contributed by atoms with Crippen LogP contribution in [0.4, 0.5) is 10.6 Å². The van der Waals surface area contributed by atoms with Crippen molar-refractivity contribution in [3.63, 3.8) is 0 Å². The summed E-state index contributed by atoms with van der Waals surface area (Å²) in [6.07, 6.45) is 2.34. The van der Waals surface area contributed by atoms with E-state index in [0.717, 1.165) is 37.3 Å². The molecule has 2 saturated heterocycles. The van der Waals surface area contributed by atoms with Crippen molar-refractivity contribution < 1.29 is 9.59 Å². The molecule has 0 aromatic carbocycles. The average molecular weight is 473 g/mol. The molecule has 0 unspecified atom stereocenters. The highest BCUT2D eigenvalue weighted by molar-refractivity contribution is 6.28. The molecular formula is C22H29ClN8O2. The zero-order valence-corrected chi connectivity index (χ0v) is 20.1. The fourth-order valence-corrected chi connectivity index (χ4v) is 5.58. The van der Waals surface area contributed by atoms with Crippen molar-refractivity contribution >= 4 is 29.4 Å². The Kier molecular flexibility index (Phi) is 5.32. The van der Waals surface area contributed by atoms with Crippen LogP contribution in [0.3, 0.4) is 0 Å². The summed E-state index contributed by atoms with van der Waals surface area (Å²) in [5.41, 5.74) is 1.82. The minimum atomic E-state index is -0.580. The first-order chi connectivity index (χ1) is 15.6. The van der Waals surface area contributed by atoms with E-state index < -0.39 is 11.4 Å². The predicted molar refractivity (Wildman–Crippen MR) is 123 cm³/mol. The Bertz CT molecular complexity index is 1100. The largest absolute Gasteiger partial charge is 0.321 e. The van der Waals surface area contributed by atoms with E-state index in [4.69, 9.17) is 11.6 Å². The maximum atomic E-state index is 13.7. The van der Waals surface area contributed by atoms with Gasteiger partial charge in [-0.2, -0.15) is 5.10 Å². The standard InChI is InChI=1S/C22H29ClN8O2/c1-12-8-16(25-20(23)24-12)19(32)26-18-15-11-31(22(3,4)17(15)27-28-18)21(33)30-10-14-6-5-7-29(14)9-13(30)2/h8,13-14H,5-7,9-11H2,1-4H3,(H2,26,27,28,32)/t13-,14-/m0/s1. The second-order valence-corrected chi connectivity index (χ2v) is 10.1. The fraction of sp³-hybridized carbons (Fsp3) is 0.591. The molecule has 3 aliphatic rings. The number of piperazine rings is 1. The van der Waals surface area contributed by atoms with Gasteiger partial charge in [-0.25, -0.2) is 14.8 Å². The van der Waals surface area contributed by atoms with Gasteiger partial charge >= 0.3 is 6.03 Å². The molecular weight excluding hydrogens is 444 g/mol. The van der Waals surface area contributed by atoms with Crippen molar-refractivity contribution in [3.05, 3.63) is 34.0 Å². The van der Waals surface area contributed by atoms with Crippen LogP contribution in [0.15, 0.2) is 6.07 Å². The molecule has 3 amide bonds. The number of anilines is 1. The summed E-state index contributed by atoms with van der Waals surface area (Å²) in [5.74, 6) is -0.0234. The Morgan fingerprint density at radius 3 is 2.82 bits per heavy atom. The SMILES string of the molecule is Cc1cc(C(=O)Nc2n[nH]c3c2CN(C(=O)N2C[C@@H]4CCCN4C[C@@H]2C)C3(C)C)nc(Cl)n1. The summed E-state index contributed by atoms with van der Waals surface area (Å²) < 4.78 is 0. The van der Waals surface area contributed by atoms with E-state index in [1.165, 1.54) is 6.42 Å². The van der Waals surface area contributed by atoms with Crippen molar-refractivity contribution in [2.24, 2.45) is 0 Å². The molecule has 2 aromatic rings. The maximum Gasteiger partial charge on any atom is 0.321 e. The van der Waals surface area contributed by atoms with Gasteiger partial charge < -0.3 is 15.1 Å². The maximum absolute atomic E-state index is 13.7. The van der Waals surface area contributed by atoms with E-state index in [0.29, 0.717) is 24.1 Å². The predicted octanol–water partition coefficient (Wildman–Crippen LogP) is 2.75. The van der Waals surface area contributed by atoms with E-state index in [1.807, 2.05) is 23.6 Å².